The minimum Gasteiger partial charge on any atom is -0.443 e. The largest absolute Gasteiger partial charge is 0.573 e. The highest BCUT2D eigenvalue weighted by atomic mass is 32.2. The van der Waals surface area contributed by atoms with Gasteiger partial charge in [0.15, 0.2) is 0 Å². The summed E-state index contributed by atoms with van der Waals surface area (Å²) in [5, 5.41) is 2.88. The number of nitrogens with zero attached hydrogens (tertiary/aromatic N) is 2. The third kappa shape index (κ3) is 6.17. The van der Waals surface area contributed by atoms with Crippen LogP contribution in [0.25, 0.3) is 22.2 Å². The van der Waals surface area contributed by atoms with E-state index in [0.717, 1.165) is 12.1 Å². The maximum atomic E-state index is 12.6. The molecule has 2 N–H and O–H groups in total. The van der Waals surface area contributed by atoms with Gasteiger partial charge in [-0.25, -0.2) is 18.4 Å². The monoisotopic (exact) mass is 520 g/mol. The van der Waals surface area contributed by atoms with Crippen molar-refractivity contribution in [2.45, 2.75) is 31.0 Å². The number of carbonyl (C=O) groups excluding carboxylic acids is 1. The molecule has 0 spiro atoms. The van der Waals surface area contributed by atoms with Gasteiger partial charge in [0.05, 0.1) is 24.0 Å². The molecule has 2 heterocycles. The van der Waals surface area contributed by atoms with Gasteiger partial charge in [0.1, 0.15) is 17.7 Å². The molecule has 0 aliphatic rings. The van der Waals surface area contributed by atoms with Gasteiger partial charge in [0.25, 0.3) is 10.0 Å². The number of para-hydroxylation sites is 1. The Labute approximate surface area is 203 Å². The Balaban J connectivity index is 1.37. The lowest BCUT2D eigenvalue weighted by molar-refractivity contribution is -0.274. The van der Waals surface area contributed by atoms with Crippen LogP contribution in [0.15, 0.2) is 76.5 Å². The van der Waals surface area contributed by atoms with Crippen LogP contribution in [0.1, 0.15) is 12.6 Å². The first kappa shape index (κ1) is 25.1. The molecular formula is C23H19F3N4O5S. The van der Waals surface area contributed by atoms with Gasteiger partial charge in [-0.1, -0.05) is 18.2 Å². The van der Waals surface area contributed by atoms with Gasteiger partial charge >= 0.3 is 6.36 Å². The van der Waals surface area contributed by atoms with E-state index in [2.05, 4.69) is 24.7 Å². The topological polar surface area (TPSA) is 123 Å². The molecule has 36 heavy (non-hydrogen) atoms. The van der Waals surface area contributed by atoms with Crippen molar-refractivity contribution in [2.24, 2.45) is 0 Å². The molecule has 0 aliphatic heterocycles. The number of aromatic nitrogens is 2. The summed E-state index contributed by atoms with van der Waals surface area (Å²) in [6, 6.07) is 13.7. The van der Waals surface area contributed by atoms with Crippen LogP contribution in [0.5, 0.6) is 5.75 Å². The van der Waals surface area contributed by atoms with Crippen molar-refractivity contribution in [1.82, 2.24) is 20.0 Å². The molecule has 0 saturated heterocycles. The minimum atomic E-state index is -4.79. The molecule has 4 aromatic rings. The van der Waals surface area contributed by atoms with Crippen LogP contribution in [0.2, 0.25) is 0 Å². The average Bonchev–Trinajstić information content (AvgIpc) is 3.27. The summed E-state index contributed by atoms with van der Waals surface area (Å²) in [5.41, 5.74) is 1.71. The quantitative estimate of drug-likeness (QED) is 0.363. The molecule has 13 heteroatoms. The first-order valence-corrected chi connectivity index (χ1v) is 11.9. The summed E-state index contributed by atoms with van der Waals surface area (Å²) < 4.78 is 73.7. The van der Waals surface area contributed by atoms with Crippen LogP contribution >= 0.6 is 0 Å². The number of carbonyl (C=O) groups is 1. The standard InChI is InChI=1S/C23H19F3N4O5S/c1-14(30-36(32,33)21-10-16-4-2-3-5-20(16)34-21)22(31)27-12-17-11-19(29-13-28-17)15-6-8-18(9-7-15)35-23(24,25)26/h2-11,13-14,30H,12H2,1H3,(H,27,31)/t14-/m0/s1. The van der Waals surface area contributed by atoms with Crippen molar-refractivity contribution in [3.05, 3.63) is 72.7 Å². The number of halogens is 3. The molecule has 0 radical (unpaired) electrons. The third-order valence-electron chi connectivity index (χ3n) is 4.94. The van der Waals surface area contributed by atoms with E-state index < -0.39 is 28.3 Å². The lowest BCUT2D eigenvalue weighted by Gasteiger charge is -2.13. The van der Waals surface area contributed by atoms with Crippen molar-refractivity contribution < 1.29 is 35.5 Å². The number of amides is 1. The highest BCUT2D eigenvalue weighted by Gasteiger charge is 2.31. The Morgan fingerprint density at radius 3 is 2.50 bits per heavy atom. The van der Waals surface area contributed by atoms with Crippen molar-refractivity contribution in [3.63, 3.8) is 0 Å². The highest BCUT2D eigenvalue weighted by Crippen LogP contribution is 2.26. The number of benzene rings is 2. The van der Waals surface area contributed by atoms with E-state index in [1.807, 2.05) is 0 Å². The molecule has 2 aromatic carbocycles. The molecule has 0 bridgehead atoms. The van der Waals surface area contributed by atoms with Gasteiger partial charge in [-0.05, 0) is 43.3 Å². The maximum absolute atomic E-state index is 12.6. The van der Waals surface area contributed by atoms with Crippen LogP contribution in [-0.2, 0) is 21.4 Å². The predicted molar refractivity (Wildman–Crippen MR) is 122 cm³/mol. The Kier molecular flexibility index (Phi) is 6.95. The summed E-state index contributed by atoms with van der Waals surface area (Å²) in [7, 11) is -4.09. The van der Waals surface area contributed by atoms with Crippen molar-refractivity contribution in [2.75, 3.05) is 0 Å². The van der Waals surface area contributed by atoms with Crippen molar-refractivity contribution in [1.29, 1.82) is 0 Å². The molecule has 188 valence electrons. The van der Waals surface area contributed by atoms with Gasteiger partial charge in [0, 0.05) is 17.0 Å². The molecule has 0 aliphatic carbocycles. The maximum Gasteiger partial charge on any atom is 0.573 e. The lowest BCUT2D eigenvalue weighted by atomic mass is 10.1. The Hall–Kier alpha value is -3.97. The molecule has 0 unspecified atom stereocenters. The number of alkyl halides is 3. The number of furan rings is 1. The fourth-order valence-electron chi connectivity index (χ4n) is 3.24. The van der Waals surface area contributed by atoms with E-state index in [0.29, 0.717) is 27.9 Å². The van der Waals surface area contributed by atoms with E-state index >= 15 is 0 Å². The van der Waals surface area contributed by atoms with Crippen molar-refractivity contribution >= 4 is 26.9 Å². The number of fused-ring (bicyclic) bond motifs is 1. The molecule has 0 fully saturated rings. The molecule has 9 nitrogen and oxygen atoms in total. The summed E-state index contributed by atoms with van der Waals surface area (Å²) >= 11 is 0. The van der Waals surface area contributed by atoms with Gasteiger partial charge < -0.3 is 14.5 Å². The average molecular weight is 520 g/mol. The predicted octanol–water partition coefficient (Wildman–Crippen LogP) is 3.77. The normalized spacial score (nSPS) is 12.9. The zero-order valence-electron chi connectivity index (χ0n) is 18.6. The zero-order chi connectivity index (χ0) is 25.9. The molecule has 0 saturated carbocycles. The van der Waals surface area contributed by atoms with Gasteiger partial charge in [0.2, 0.25) is 11.0 Å². The molecule has 4 rings (SSSR count). The number of nitrogens with one attached hydrogen (secondary N) is 2. The van der Waals surface area contributed by atoms with Crippen LogP contribution in [0, 0.1) is 0 Å². The van der Waals surface area contributed by atoms with E-state index in [-0.39, 0.29) is 17.4 Å². The second-order valence-electron chi connectivity index (χ2n) is 7.63. The first-order valence-electron chi connectivity index (χ1n) is 10.5. The zero-order valence-corrected chi connectivity index (χ0v) is 19.4. The van der Waals surface area contributed by atoms with Gasteiger partial charge in [-0.15, -0.1) is 13.2 Å². The number of hydrogen-bond acceptors (Lipinski definition) is 7. The molecule has 1 amide bonds. The second kappa shape index (κ2) is 9.95. The Morgan fingerprint density at radius 2 is 1.81 bits per heavy atom. The fraction of sp³-hybridized carbons (Fsp3) is 0.174. The third-order valence-corrected chi connectivity index (χ3v) is 6.34. The van der Waals surface area contributed by atoms with E-state index in [1.165, 1.54) is 31.5 Å². The first-order chi connectivity index (χ1) is 17.0. The Bertz CT molecular complexity index is 1450. The lowest BCUT2D eigenvalue weighted by Crippen LogP contribution is -2.44. The van der Waals surface area contributed by atoms with Crippen LogP contribution in [0.4, 0.5) is 13.2 Å². The highest BCUT2D eigenvalue weighted by molar-refractivity contribution is 7.89. The van der Waals surface area contributed by atoms with Crippen LogP contribution in [-0.4, -0.2) is 36.7 Å². The summed E-state index contributed by atoms with van der Waals surface area (Å²) in [6.45, 7) is 1.34. The minimum absolute atomic E-state index is 0.0413. The smallest absolute Gasteiger partial charge is 0.443 e. The molecule has 2 aromatic heterocycles. The van der Waals surface area contributed by atoms with Gasteiger partial charge in [-0.2, -0.15) is 4.72 Å². The molecular weight excluding hydrogens is 501 g/mol. The van der Waals surface area contributed by atoms with Crippen LogP contribution in [0.3, 0.4) is 0 Å². The number of ether oxygens (including phenoxy) is 1. The second-order valence-corrected chi connectivity index (χ2v) is 9.28. The van der Waals surface area contributed by atoms with Crippen molar-refractivity contribution in [3.8, 4) is 17.0 Å². The number of sulfonamides is 1. The van der Waals surface area contributed by atoms with Crippen LogP contribution < -0.4 is 14.8 Å². The summed E-state index contributed by atoms with van der Waals surface area (Å²) in [6.07, 6.45) is -3.55. The Morgan fingerprint density at radius 1 is 1.08 bits per heavy atom. The summed E-state index contributed by atoms with van der Waals surface area (Å²) in [5.74, 6) is -0.976. The summed E-state index contributed by atoms with van der Waals surface area (Å²) in [4.78, 5) is 20.6. The SMILES string of the molecule is C[C@H](NS(=O)(=O)c1cc2ccccc2o1)C(=O)NCc1cc(-c2ccc(OC(F)(F)F)cc2)ncn1. The van der Waals surface area contributed by atoms with Gasteiger partial charge in [-0.3, -0.25) is 4.79 Å². The van der Waals surface area contributed by atoms with E-state index in [1.54, 1.807) is 30.3 Å². The van der Waals surface area contributed by atoms with E-state index in [4.69, 9.17) is 4.42 Å². The number of rotatable bonds is 8. The van der Waals surface area contributed by atoms with E-state index in [9.17, 15) is 26.4 Å². The molecule has 1 atom stereocenters. The number of hydrogen-bond donors (Lipinski definition) is 2. The fourth-order valence-corrected chi connectivity index (χ4v) is 4.41.